The van der Waals surface area contributed by atoms with Gasteiger partial charge in [-0.05, 0) is 26.7 Å². The second-order valence-electron chi connectivity index (χ2n) is 3.77. The Morgan fingerprint density at radius 3 is 2.62 bits per heavy atom. The van der Waals surface area contributed by atoms with Gasteiger partial charge in [-0.3, -0.25) is 4.79 Å². The van der Waals surface area contributed by atoms with Crippen LogP contribution in [-0.4, -0.2) is 17.0 Å². The fourth-order valence-electron chi connectivity index (χ4n) is 2.06. The third-order valence-electron chi connectivity index (χ3n) is 2.78. The maximum Gasteiger partial charge on any atom is 0.307 e. The smallest absolute Gasteiger partial charge is 0.307 e. The number of alkyl halides is 1. The molecule has 0 bridgehead atoms. The quantitative estimate of drug-likeness (QED) is 0.552. The van der Waals surface area contributed by atoms with Crippen LogP contribution in [0.1, 0.15) is 26.7 Å². The average Bonchev–Trinajstić information content (AvgIpc) is 2.46. The number of carboxylic acids is 1. The zero-order chi connectivity index (χ0) is 10.0. The summed E-state index contributed by atoms with van der Waals surface area (Å²) in [5.41, 5.74) is 2.48. The van der Waals surface area contributed by atoms with Gasteiger partial charge in [0.1, 0.15) is 0 Å². The minimum Gasteiger partial charge on any atom is -0.481 e. The first-order valence-electron chi connectivity index (χ1n) is 4.53. The summed E-state index contributed by atoms with van der Waals surface area (Å²) in [7, 11) is 0. The monoisotopic (exact) mass is 202 g/mol. The maximum atomic E-state index is 10.9. The number of rotatable bonds is 2. The Morgan fingerprint density at radius 1 is 1.62 bits per heavy atom. The maximum absolute atomic E-state index is 10.9. The van der Waals surface area contributed by atoms with Crippen molar-refractivity contribution in [1.29, 1.82) is 0 Å². The van der Waals surface area contributed by atoms with Gasteiger partial charge >= 0.3 is 5.97 Å². The number of aliphatic carboxylic acids is 1. The molecule has 2 nitrogen and oxygen atoms in total. The first kappa shape index (κ1) is 10.6. The summed E-state index contributed by atoms with van der Waals surface area (Å²) in [6.07, 6.45) is 1.64. The Labute approximate surface area is 83.6 Å². The van der Waals surface area contributed by atoms with Crippen LogP contribution in [-0.2, 0) is 4.79 Å². The van der Waals surface area contributed by atoms with Gasteiger partial charge in [0.2, 0.25) is 0 Å². The highest BCUT2D eigenvalue weighted by Crippen LogP contribution is 2.39. The lowest BCUT2D eigenvalue weighted by molar-refractivity contribution is -0.142. The fourth-order valence-corrected chi connectivity index (χ4v) is 2.46. The molecule has 1 fully saturated rings. The Balaban J connectivity index is 2.87. The zero-order valence-electron chi connectivity index (χ0n) is 8.01. The van der Waals surface area contributed by atoms with Gasteiger partial charge < -0.3 is 5.11 Å². The van der Waals surface area contributed by atoms with Crippen LogP contribution in [0.2, 0.25) is 0 Å². The number of allylic oxidation sites excluding steroid dienone is 2. The molecule has 0 unspecified atom stereocenters. The summed E-state index contributed by atoms with van der Waals surface area (Å²) in [6, 6.07) is 0. The molecule has 0 radical (unpaired) electrons. The van der Waals surface area contributed by atoms with Gasteiger partial charge in [-0.2, -0.15) is 0 Å². The molecule has 0 saturated heterocycles. The molecule has 1 aliphatic carbocycles. The number of carbonyl (C=O) groups is 1. The van der Waals surface area contributed by atoms with E-state index in [1.165, 1.54) is 11.1 Å². The summed E-state index contributed by atoms with van der Waals surface area (Å²) in [5.74, 6) is -0.481. The molecule has 0 amide bonds. The number of hydrogen-bond acceptors (Lipinski definition) is 1. The highest BCUT2D eigenvalue weighted by Gasteiger charge is 2.36. The van der Waals surface area contributed by atoms with E-state index in [-0.39, 0.29) is 11.8 Å². The van der Waals surface area contributed by atoms with Crippen molar-refractivity contribution in [3.8, 4) is 0 Å². The summed E-state index contributed by atoms with van der Waals surface area (Å²) in [6.45, 7) is 4.05. The Morgan fingerprint density at radius 2 is 2.23 bits per heavy atom. The lowest BCUT2D eigenvalue weighted by atomic mass is 9.93. The summed E-state index contributed by atoms with van der Waals surface area (Å²) < 4.78 is 0. The normalized spacial score (nSPS) is 27.8. The van der Waals surface area contributed by atoms with E-state index >= 15 is 0 Å². The van der Waals surface area contributed by atoms with Gasteiger partial charge in [-0.25, -0.2) is 0 Å². The number of hydrogen-bond donors (Lipinski definition) is 1. The third kappa shape index (κ3) is 2.05. The molecule has 1 N–H and O–H groups in total. The first-order chi connectivity index (χ1) is 6.07. The Bertz CT molecular complexity index is 241. The number of halogens is 1. The van der Waals surface area contributed by atoms with Crippen molar-refractivity contribution >= 4 is 17.6 Å². The van der Waals surface area contributed by atoms with E-state index < -0.39 is 5.97 Å². The van der Waals surface area contributed by atoms with Crippen molar-refractivity contribution < 1.29 is 9.90 Å². The van der Waals surface area contributed by atoms with Gasteiger partial charge in [0.05, 0.1) is 5.92 Å². The molecule has 0 aliphatic heterocycles. The van der Waals surface area contributed by atoms with Gasteiger partial charge in [0.15, 0.2) is 0 Å². The average molecular weight is 203 g/mol. The van der Waals surface area contributed by atoms with E-state index in [9.17, 15) is 4.79 Å². The van der Waals surface area contributed by atoms with E-state index in [2.05, 4.69) is 0 Å². The zero-order valence-corrected chi connectivity index (χ0v) is 8.77. The molecule has 0 heterocycles. The largest absolute Gasteiger partial charge is 0.481 e. The van der Waals surface area contributed by atoms with Gasteiger partial charge in [0.25, 0.3) is 0 Å². The molecule has 0 aromatic rings. The predicted molar refractivity (Wildman–Crippen MR) is 52.9 cm³/mol. The van der Waals surface area contributed by atoms with Crippen LogP contribution >= 0.6 is 11.6 Å². The second-order valence-corrected chi connectivity index (χ2v) is 4.08. The van der Waals surface area contributed by atoms with E-state index in [4.69, 9.17) is 16.7 Å². The highest BCUT2D eigenvalue weighted by molar-refractivity contribution is 6.18. The van der Waals surface area contributed by atoms with Gasteiger partial charge in [-0.1, -0.05) is 11.1 Å². The van der Waals surface area contributed by atoms with Crippen LogP contribution in [0.4, 0.5) is 0 Å². The van der Waals surface area contributed by atoms with Crippen molar-refractivity contribution in [2.45, 2.75) is 26.7 Å². The molecular weight excluding hydrogens is 188 g/mol. The van der Waals surface area contributed by atoms with E-state index in [0.717, 1.165) is 12.8 Å². The predicted octanol–water partition coefficient (Wildman–Crippen LogP) is 2.67. The molecular formula is C10H15ClO2. The van der Waals surface area contributed by atoms with Crippen LogP contribution in [0.25, 0.3) is 0 Å². The molecule has 1 aliphatic rings. The Kier molecular flexibility index (Phi) is 3.37. The standard InChI is InChI=1S/C10H15ClO2/c1-6(2)7-3-4-8(10(12)13)9(7)5-11/h8-9H,3-5H2,1-2H3,(H,12,13)/t8-,9-/m1/s1. The summed E-state index contributed by atoms with van der Waals surface area (Å²) in [4.78, 5) is 10.9. The van der Waals surface area contributed by atoms with Crippen LogP contribution in [0.15, 0.2) is 11.1 Å². The lowest BCUT2D eigenvalue weighted by Crippen LogP contribution is -2.20. The molecule has 1 rings (SSSR count). The number of carboxylic acid groups (broad SMARTS) is 1. The van der Waals surface area contributed by atoms with Crippen LogP contribution in [0.5, 0.6) is 0 Å². The minimum absolute atomic E-state index is 0.0594. The third-order valence-corrected chi connectivity index (χ3v) is 3.12. The molecule has 0 aromatic carbocycles. The molecule has 1 saturated carbocycles. The minimum atomic E-state index is -0.707. The van der Waals surface area contributed by atoms with E-state index in [1.807, 2.05) is 13.8 Å². The fraction of sp³-hybridized carbons (Fsp3) is 0.700. The highest BCUT2D eigenvalue weighted by atomic mass is 35.5. The Hall–Kier alpha value is -0.500. The van der Waals surface area contributed by atoms with E-state index in [1.54, 1.807) is 0 Å². The van der Waals surface area contributed by atoms with Crippen LogP contribution < -0.4 is 0 Å². The van der Waals surface area contributed by atoms with E-state index in [0.29, 0.717) is 5.88 Å². The van der Waals surface area contributed by atoms with Gasteiger partial charge in [-0.15, -0.1) is 11.6 Å². The SMILES string of the molecule is CC(C)=C1CC[C@@H](C(=O)O)[C@@H]1CCl. The molecule has 13 heavy (non-hydrogen) atoms. The second kappa shape index (κ2) is 4.14. The first-order valence-corrected chi connectivity index (χ1v) is 5.06. The lowest BCUT2D eigenvalue weighted by Gasteiger charge is -2.14. The molecule has 2 atom stereocenters. The van der Waals surface area contributed by atoms with Crippen molar-refractivity contribution in [2.75, 3.05) is 5.88 Å². The molecule has 0 spiro atoms. The van der Waals surface area contributed by atoms with Crippen molar-refractivity contribution in [3.63, 3.8) is 0 Å². The topological polar surface area (TPSA) is 37.3 Å². The van der Waals surface area contributed by atoms with Crippen molar-refractivity contribution in [1.82, 2.24) is 0 Å². The summed E-state index contributed by atoms with van der Waals surface area (Å²) >= 11 is 5.79. The molecule has 0 aromatic heterocycles. The molecule has 74 valence electrons. The molecule has 3 heteroatoms. The van der Waals surface area contributed by atoms with Gasteiger partial charge in [0, 0.05) is 11.8 Å². The van der Waals surface area contributed by atoms with Crippen molar-refractivity contribution in [3.05, 3.63) is 11.1 Å². The summed E-state index contributed by atoms with van der Waals surface area (Å²) in [5, 5.41) is 8.93. The van der Waals surface area contributed by atoms with Crippen LogP contribution in [0.3, 0.4) is 0 Å². The van der Waals surface area contributed by atoms with Crippen LogP contribution in [0, 0.1) is 11.8 Å². The van der Waals surface area contributed by atoms with Crippen molar-refractivity contribution in [2.24, 2.45) is 11.8 Å².